The van der Waals surface area contributed by atoms with Gasteiger partial charge < -0.3 is 10.1 Å². The van der Waals surface area contributed by atoms with Gasteiger partial charge in [-0.15, -0.1) is 0 Å². The van der Waals surface area contributed by atoms with Crippen molar-refractivity contribution in [3.8, 4) is 12.0 Å². The van der Waals surface area contributed by atoms with Crippen LogP contribution in [0, 0.1) is 0 Å². The summed E-state index contributed by atoms with van der Waals surface area (Å²) >= 11 is 0. The number of rotatable bonds is 4. The first kappa shape index (κ1) is 11.3. The highest BCUT2D eigenvalue weighted by Gasteiger charge is 2.09. The van der Waals surface area contributed by atoms with Crippen molar-refractivity contribution in [2.24, 2.45) is 0 Å². The lowest BCUT2D eigenvalue weighted by Gasteiger charge is -2.09. The van der Waals surface area contributed by atoms with Crippen LogP contribution in [0.3, 0.4) is 0 Å². The Labute approximate surface area is 98.9 Å². The molecule has 0 unspecified atom stereocenters. The van der Waals surface area contributed by atoms with E-state index in [2.05, 4.69) is 25.4 Å². The van der Waals surface area contributed by atoms with E-state index in [1.54, 1.807) is 30.2 Å². The molecular formula is C10H14N6O. The Morgan fingerprint density at radius 1 is 1.29 bits per heavy atom. The number of aromatic nitrogens is 5. The fourth-order valence-electron chi connectivity index (χ4n) is 1.21. The summed E-state index contributed by atoms with van der Waals surface area (Å²) in [4.78, 5) is 12.5. The molecule has 1 N–H and O–H groups in total. The molecule has 17 heavy (non-hydrogen) atoms. The van der Waals surface area contributed by atoms with Crippen LogP contribution in [0.25, 0.3) is 5.95 Å². The van der Waals surface area contributed by atoms with Crippen molar-refractivity contribution < 1.29 is 4.74 Å². The fraction of sp³-hybridized carbons (Fsp3) is 0.400. The van der Waals surface area contributed by atoms with Gasteiger partial charge >= 0.3 is 6.01 Å². The minimum atomic E-state index is 0.00702. The van der Waals surface area contributed by atoms with Crippen LogP contribution in [-0.4, -0.2) is 37.9 Å². The maximum Gasteiger partial charge on any atom is 0.323 e. The number of nitrogens with zero attached hydrogens (tertiary/aromatic N) is 5. The molecule has 90 valence electrons. The summed E-state index contributed by atoms with van der Waals surface area (Å²) in [5, 5.41) is 6.92. The third-order valence-corrected chi connectivity index (χ3v) is 1.88. The van der Waals surface area contributed by atoms with E-state index in [0.717, 1.165) is 0 Å². The quantitative estimate of drug-likeness (QED) is 0.846. The van der Waals surface area contributed by atoms with E-state index in [1.807, 2.05) is 13.8 Å². The third kappa shape index (κ3) is 2.68. The smallest absolute Gasteiger partial charge is 0.323 e. The number of hydrogen-bond donors (Lipinski definition) is 1. The Balaban J connectivity index is 2.38. The van der Waals surface area contributed by atoms with Gasteiger partial charge in [0, 0.05) is 19.4 Å². The Bertz CT molecular complexity index is 482. The van der Waals surface area contributed by atoms with E-state index in [-0.39, 0.29) is 12.1 Å². The summed E-state index contributed by atoms with van der Waals surface area (Å²) in [6.07, 6.45) is 3.42. The highest BCUT2D eigenvalue weighted by molar-refractivity contribution is 5.29. The Kier molecular flexibility index (Phi) is 3.17. The Hall–Kier alpha value is -2.18. The predicted octanol–water partition coefficient (Wildman–Crippen LogP) is 0.886. The second-order valence-corrected chi connectivity index (χ2v) is 3.61. The molecule has 0 spiro atoms. The van der Waals surface area contributed by atoms with E-state index in [0.29, 0.717) is 11.9 Å². The minimum Gasteiger partial charge on any atom is -0.461 e. The molecular weight excluding hydrogens is 220 g/mol. The molecule has 0 aliphatic heterocycles. The summed E-state index contributed by atoms with van der Waals surface area (Å²) < 4.78 is 7.00. The van der Waals surface area contributed by atoms with Gasteiger partial charge in [0.1, 0.15) is 0 Å². The van der Waals surface area contributed by atoms with Gasteiger partial charge in [-0.25, -0.2) is 4.68 Å². The Morgan fingerprint density at radius 3 is 2.71 bits per heavy atom. The molecule has 0 aliphatic carbocycles. The van der Waals surface area contributed by atoms with Crippen molar-refractivity contribution in [1.29, 1.82) is 0 Å². The molecule has 0 bridgehead atoms. The van der Waals surface area contributed by atoms with Gasteiger partial charge in [-0.3, -0.25) is 0 Å². The highest BCUT2D eigenvalue weighted by Crippen LogP contribution is 2.11. The lowest BCUT2D eigenvalue weighted by Crippen LogP contribution is -2.13. The maximum absolute atomic E-state index is 5.45. The number of ether oxygens (including phenoxy) is 1. The van der Waals surface area contributed by atoms with Crippen molar-refractivity contribution in [2.45, 2.75) is 20.0 Å². The molecule has 0 atom stereocenters. The van der Waals surface area contributed by atoms with E-state index in [1.165, 1.54) is 0 Å². The van der Waals surface area contributed by atoms with Crippen LogP contribution in [0.5, 0.6) is 6.01 Å². The molecule has 2 aromatic heterocycles. The first-order chi connectivity index (χ1) is 8.19. The minimum absolute atomic E-state index is 0.00702. The van der Waals surface area contributed by atoms with Crippen LogP contribution in [0.15, 0.2) is 18.5 Å². The number of anilines is 1. The summed E-state index contributed by atoms with van der Waals surface area (Å²) in [7, 11) is 1.74. The van der Waals surface area contributed by atoms with E-state index < -0.39 is 0 Å². The van der Waals surface area contributed by atoms with Gasteiger partial charge in [0.25, 0.3) is 5.95 Å². The lowest BCUT2D eigenvalue weighted by molar-refractivity contribution is 0.221. The molecule has 0 saturated heterocycles. The number of nitrogens with one attached hydrogen (secondary N) is 1. The third-order valence-electron chi connectivity index (χ3n) is 1.88. The summed E-state index contributed by atoms with van der Waals surface area (Å²) in [6, 6.07) is 2.08. The van der Waals surface area contributed by atoms with Crippen molar-refractivity contribution in [3.05, 3.63) is 18.5 Å². The van der Waals surface area contributed by atoms with Gasteiger partial charge in [0.15, 0.2) is 0 Å². The SMILES string of the molecule is CNc1nc(OC(C)C)nc(-n2cccn2)n1. The van der Waals surface area contributed by atoms with Crippen LogP contribution in [-0.2, 0) is 0 Å². The van der Waals surface area contributed by atoms with Crippen LogP contribution in [0.2, 0.25) is 0 Å². The Morgan fingerprint density at radius 2 is 2.12 bits per heavy atom. The molecule has 2 aromatic rings. The normalized spacial score (nSPS) is 10.6. The zero-order valence-electron chi connectivity index (χ0n) is 9.95. The van der Waals surface area contributed by atoms with E-state index in [9.17, 15) is 0 Å². The fourth-order valence-corrected chi connectivity index (χ4v) is 1.21. The van der Waals surface area contributed by atoms with Gasteiger partial charge in [-0.05, 0) is 19.9 Å². The zero-order chi connectivity index (χ0) is 12.3. The zero-order valence-corrected chi connectivity index (χ0v) is 9.95. The standard InChI is InChI=1S/C10H14N6O/c1-7(2)17-10-14-8(11-3)13-9(15-10)16-6-4-5-12-16/h4-7H,1-3H3,(H,11,13,14,15). The van der Waals surface area contributed by atoms with Crippen molar-refractivity contribution >= 4 is 5.95 Å². The second kappa shape index (κ2) is 4.77. The molecule has 2 heterocycles. The van der Waals surface area contributed by atoms with E-state index in [4.69, 9.17) is 4.74 Å². The lowest BCUT2D eigenvalue weighted by atomic mass is 10.5. The predicted molar refractivity (Wildman–Crippen MR) is 62.3 cm³/mol. The van der Waals surface area contributed by atoms with Crippen molar-refractivity contribution in [2.75, 3.05) is 12.4 Å². The molecule has 0 radical (unpaired) electrons. The topological polar surface area (TPSA) is 77.8 Å². The molecule has 0 fully saturated rings. The number of hydrogen-bond acceptors (Lipinski definition) is 6. The molecule has 0 aliphatic rings. The van der Waals surface area contributed by atoms with Gasteiger partial charge in [0.2, 0.25) is 5.95 Å². The van der Waals surface area contributed by atoms with E-state index >= 15 is 0 Å². The molecule has 0 aromatic carbocycles. The summed E-state index contributed by atoms with van der Waals surface area (Å²) in [5.41, 5.74) is 0. The van der Waals surface area contributed by atoms with Crippen molar-refractivity contribution in [1.82, 2.24) is 24.7 Å². The average Bonchev–Trinajstić information content (AvgIpc) is 2.81. The van der Waals surface area contributed by atoms with Gasteiger partial charge in [-0.2, -0.15) is 20.1 Å². The molecule has 2 rings (SSSR count). The molecule has 0 amide bonds. The monoisotopic (exact) mass is 234 g/mol. The first-order valence-corrected chi connectivity index (χ1v) is 5.29. The maximum atomic E-state index is 5.45. The van der Waals surface area contributed by atoms with Gasteiger partial charge in [0.05, 0.1) is 6.10 Å². The molecule has 7 heteroatoms. The van der Waals surface area contributed by atoms with Crippen LogP contribution < -0.4 is 10.1 Å². The summed E-state index contributed by atoms with van der Waals surface area (Å²) in [6.45, 7) is 3.83. The summed E-state index contributed by atoms with van der Waals surface area (Å²) in [5.74, 6) is 0.867. The molecule has 7 nitrogen and oxygen atoms in total. The highest BCUT2D eigenvalue weighted by atomic mass is 16.5. The van der Waals surface area contributed by atoms with Crippen LogP contribution in [0.1, 0.15) is 13.8 Å². The van der Waals surface area contributed by atoms with Gasteiger partial charge in [-0.1, -0.05) is 0 Å². The van der Waals surface area contributed by atoms with Crippen LogP contribution >= 0.6 is 0 Å². The van der Waals surface area contributed by atoms with Crippen molar-refractivity contribution in [3.63, 3.8) is 0 Å². The molecule has 0 saturated carbocycles. The largest absolute Gasteiger partial charge is 0.461 e. The first-order valence-electron chi connectivity index (χ1n) is 5.29. The second-order valence-electron chi connectivity index (χ2n) is 3.61. The average molecular weight is 234 g/mol. The van der Waals surface area contributed by atoms with Crippen LogP contribution in [0.4, 0.5) is 5.95 Å².